The van der Waals surface area contributed by atoms with Crippen molar-refractivity contribution in [3.05, 3.63) is 89.5 Å². The summed E-state index contributed by atoms with van der Waals surface area (Å²) in [4.78, 5) is 17.2. The molecule has 29 heavy (non-hydrogen) atoms. The average Bonchev–Trinajstić information content (AvgIpc) is 3.16. The van der Waals surface area contributed by atoms with Crippen LogP contribution in [0.4, 0.5) is 5.69 Å². The summed E-state index contributed by atoms with van der Waals surface area (Å²) < 4.78 is 5.87. The van der Waals surface area contributed by atoms with Gasteiger partial charge in [-0.25, -0.2) is 4.98 Å². The number of hydrogen-bond acceptors (Lipinski definition) is 4. The van der Waals surface area contributed by atoms with Crippen molar-refractivity contribution in [2.75, 3.05) is 5.32 Å². The van der Waals surface area contributed by atoms with Crippen LogP contribution in [0.1, 0.15) is 11.1 Å². The molecule has 1 heterocycles. The van der Waals surface area contributed by atoms with E-state index >= 15 is 0 Å². The van der Waals surface area contributed by atoms with Crippen LogP contribution in [-0.2, 0) is 4.79 Å². The highest BCUT2D eigenvalue weighted by Crippen LogP contribution is 2.30. The number of nitriles is 1. The van der Waals surface area contributed by atoms with Gasteiger partial charge in [0.2, 0.25) is 5.89 Å². The van der Waals surface area contributed by atoms with Crippen molar-refractivity contribution in [2.45, 2.75) is 6.92 Å². The number of rotatable bonds is 4. The van der Waals surface area contributed by atoms with Crippen molar-refractivity contribution in [1.29, 1.82) is 5.26 Å². The van der Waals surface area contributed by atoms with Gasteiger partial charge in [-0.1, -0.05) is 48.5 Å². The molecule has 0 aliphatic heterocycles. The number of fused-ring (bicyclic) bond motifs is 1. The molecule has 0 unspecified atom stereocenters. The molecule has 0 aliphatic rings. The van der Waals surface area contributed by atoms with E-state index in [0.29, 0.717) is 22.7 Å². The largest absolute Gasteiger partial charge is 0.436 e. The summed E-state index contributed by atoms with van der Waals surface area (Å²) in [6.07, 6.45) is 1.56. The number of aromatic nitrogens is 1. The highest BCUT2D eigenvalue weighted by molar-refractivity contribution is 6.10. The third-order valence-electron chi connectivity index (χ3n) is 4.42. The molecule has 1 amide bonds. The van der Waals surface area contributed by atoms with Gasteiger partial charge in [-0.2, -0.15) is 5.26 Å². The second kappa shape index (κ2) is 7.83. The second-order valence-electron chi connectivity index (χ2n) is 6.57. The first kappa shape index (κ1) is 18.2. The Bertz CT molecular complexity index is 1260. The van der Waals surface area contributed by atoms with Crippen LogP contribution < -0.4 is 5.32 Å². The summed E-state index contributed by atoms with van der Waals surface area (Å²) >= 11 is 0. The summed E-state index contributed by atoms with van der Waals surface area (Å²) in [5, 5.41) is 12.2. The number of para-hydroxylation sites is 1. The topological polar surface area (TPSA) is 78.9 Å². The van der Waals surface area contributed by atoms with Crippen LogP contribution in [0.2, 0.25) is 0 Å². The zero-order valence-corrected chi connectivity index (χ0v) is 15.7. The Hall–Kier alpha value is -4.17. The van der Waals surface area contributed by atoms with Crippen LogP contribution in [-0.4, -0.2) is 10.9 Å². The van der Waals surface area contributed by atoms with E-state index in [0.717, 1.165) is 16.6 Å². The first-order valence-electron chi connectivity index (χ1n) is 9.09. The number of benzene rings is 3. The number of hydrogen-bond donors (Lipinski definition) is 1. The highest BCUT2D eigenvalue weighted by Gasteiger charge is 2.16. The fourth-order valence-corrected chi connectivity index (χ4v) is 2.99. The molecule has 1 N–H and O–H groups in total. The number of carbonyl (C=O) groups is 1. The van der Waals surface area contributed by atoms with Crippen LogP contribution in [0, 0.1) is 18.3 Å². The summed E-state index contributed by atoms with van der Waals surface area (Å²) in [5.41, 5.74) is 4.47. The van der Waals surface area contributed by atoms with E-state index in [4.69, 9.17) is 4.42 Å². The molecule has 5 nitrogen and oxygen atoms in total. The molecule has 140 valence electrons. The van der Waals surface area contributed by atoms with Gasteiger partial charge in [-0.3, -0.25) is 4.79 Å². The van der Waals surface area contributed by atoms with E-state index in [1.54, 1.807) is 18.2 Å². The second-order valence-corrected chi connectivity index (χ2v) is 6.57. The Balaban J connectivity index is 1.67. The van der Waals surface area contributed by atoms with Crippen molar-refractivity contribution in [3.8, 4) is 17.5 Å². The standard InChI is InChI=1S/C24H17N3O2/c1-16-11-12-22-21(13-16)27-24(29-22)19-9-5-6-10-20(19)26-23(28)18(15-25)14-17-7-3-2-4-8-17/h2-14H,1H3,(H,26,28). The number of amides is 1. The highest BCUT2D eigenvalue weighted by atomic mass is 16.3. The van der Waals surface area contributed by atoms with Gasteiger partial charge in [-0.15, -0.1) is 0 Å². The van der Waals surface area contributed by atoms with Gasteiger partial charge in [0.25, 0.3) is 5.91 Å². The van der Waals surface area contributed by atoms with Crippen LogP contribution in [0.25, 0.3) is 28.6 Å². The lowest BCUT2D eigenvalue weighted by Gasteiger charge is -2.08. The van der Waals surface area contributed by atoms with E-state index in [-0.39, 0.29) is 5.57 Å². The zero-order chi connectivity index (χ0) is 20.2. The molecule has 5 heteroatoms. The zero-order valence-electron chi connectivity index (χ0n) is 15.7. The lowest BCUT2D eigenvalue weighted by molar-refractivity contribution is -0.112. The number of anilines is 1. The maximum atomic E-state index is 12.7. The molecule has 4 aromatic rings. The number of nitrogens with one attached hydrogen (secondary N) is 1. The molecular weight excluding hydrogens is 362 g/mol. The minimum atomic E-state index is -0.490. The van der Waals surface area contributed by atoms with Crippen molar-refractivity contribution in [3.63, 3.8) is 0 Å². The quantitative estimate of drug-likeness (QED) is 0.383. The maximum absolute atomic E-state index is 12.7. The Morgan fingerprint density at radius 2 is 1.83 bits per heavy atom. The Kier molecular flexibility index (Phi) is 4.91. The lowest BCUT2D eigenvalue weighted by atomic mass is 10.1. The van der Waals surface area contributed by atoms with Crippen LogP contribution in [0.15, 0.2) is 82.8 Å². The van der Waals surface area contributed by atoms with E-state index in [2.05, 4.69) is 10.3 Å². The third kappa shape index (κ3) is 3.92. The smallest absolute Gasteiger partial charge is 0.266 e. The molecule has 0 saturated carbocycles. The number of nitrogens with zero attached hydrogens (tertiary/aromatic N) is 2. The summed E-state index contributed by atoms with van der Waals surface area (Å²) in [5.74, 6) is -0.0807. The normalized spacial score (nSPS) is 11.2. The third-order valence-corrected chi connectivity index (χ3v) is 4.42. The van der Waals surface area contributed by atoms with Gasteiger partial charge in [0.1, 0.15) is 17.2 Å². The van der Waals surface area contributed by atoms with Gasteiger partial charge < -0.3 is 9.73 Å². The molecule has 0 atom stereocenters. The monoisotopic (exact) mass is 379 g/mol. The molecule has 0 aliphatic carbocycles. The molecule has 3 aromatic carbocycles. The fourth-order valence-electron chi connectivity index (χ4n) is 2.99. The minimum absolute atomic E-state index is 0.0131. The fraction of sp³-hybridized carbons (Fsp3) is 0.0417. The number of oxazole rings is 1. The van der Waals surface area contributed by atoms with Gasteiger partial charge in [0.15, 0.2) is 5.58 Å². The minimum Gasteiger partial charge on any atom is -0.436 e. The summed E-state index contributed by atoms with van der Waals surface area (Å²) in [7, 11) is 0. The van der Waals surface area contributed by atoms with Gasteiger partial charge in [-0.05, 0) is 48.4 Å². The van der Waals surface area contributed by atoms with Crippen molar-refractivity contribution >= 4 is 28.8 Å². The van der Waals surface area contributed by atoms with E-state index in [1.165, 1.54) is 0 Å². The number of aryl methyl sites for hydroxylation is 1. The Morgan fingerprint density at radius 1 is 1.07 bits per heavy atom. The predicted molar refractivity (Wildman–Crippen MR) is 113 cm³/mol. The molecule has 4 rings (SSSR count). The predicted octanol–water partition coefficient (Wildman–Crippen LogP) is 5.35. The van der Waals surface area contributed by atoms with Gasteiger partial charge in [0, 0.05) is 0 Å². The van der Waals surface area contributed by atoms with Crippen LogP contribution in [0.5, 0.6) is 0 Å². The van der Waals surface area contributed by atoms with E-state index in [9.17, 15) is 10.1 Å². The average molecular weight is 379 g/mol. The molecule has 0 bridgehead atoms. The Labute approximate surface area is 167 Å². The Morgan fingerprint density at radius 3 is 2.62 bits per heavy atom. The SMILES string of the molecule is Cc1ccc2oc(-c3ccccc3NC(=O)C(C#N)=Cc3ccccc3)nc2c1. The van der Waals surface area contributed by atoms with Crippen LogP contribution in [0.3, 0.4) is 0 Å². The van der Waals surface area contributed by atoms with Crippen molar-refractivity contribution < 1.29 is 9.21 Å². The molecule has 0 spiro atoms. The first-order chi connectivity index (χ1) is 14.1. The van der Waals surface area contributed by atoms with E-state index in [1.807, 2.05) is 73.7 Å². The molecule has 0 saturated heterocycles. The van der Waals surface area contributed by atoms with Gasteiger partial charge in [0.05, 0.1) is 11.3 Å². The van der Waals surface area contributed by atoms with Crippen molar-refractivity contribution in [2.24, 2.45) is 0 Å². The van der Waals surface area contributed by atoms with Crippen LogP contribution >= 0.6 is 0 Å². The molecule has 1 aromatic heterocycles. The summed E-state index contributed by atoms with van der Waals surface area (Å²) in [6, 6.07) is 24.2. The molecular formula is C24H17N3O2. The first-order valence-corrected chi connectivity index (χ1v) is 9.09. The lowest BCUT2D eigenvalue weighted by Crippen LogP contribution is -2.14. The molecule has 0 fully saturated rings. The van der Waals surface area contributed by atoms with E-state index < -0.39 is 5.91 Å². The number of carbonyl (C=O) groups excluding carboxylic acids is 1. The molecule has 0 radical (unpaired) electrons. The summed E-state index contributed by atoms with van der Waals surface area (Å²) in [6.45, 7) is 1.99. The maximum Gasteiger partial charge on any atom is 0.266 e. The van der Waals surface area contributed by atoms with Crippen molar-refractivity contribution in [1.82, 2.24) is 4.98 Å². The van der Waals surface area contributed by atoms with Gasteiger partial charge >= 0.3 is 0 Å².